The average molecular weight is 389 g/mol. The number of benzene rings is 1. The van der Waals surface area contributed by atoms with Crippen LogP contribution in [-0.4, -0.2) is 24.6 Å². The summed E-state index contributed by atoms with van der Waals surface area (Å²) in [6.45, 7) is 5.19. The third-order valence-corrected chi connectivity index (χ3v) is 3.70. The van der Waals surface area contributed by atoms with Crippen molar-refractivity contribution in [2.45, 2.75) is 13.0 Å². The quantitative estimate of drug-likeness (QED) is 0.618. The lowest BCUT2D eigenvalue weighted by molar-refractivity contribution is -0.118. The molecule has 1 aromatic carbocycles. The molecule has 0 saturated heterocycles. The molecule has 0 aromatic heterocycles. The number of nitrogens with one attached hydrogen (secondary N) is 3. The molecule has 0 saturated carbocycles. The van der Waals surface area contributed by atoms with Crippen LogP contribution in [0, 0.1) is 5.82 Å². The summed E-state index contributed by atoms with van der Waals surface area (Å²) in [4.78, 5) is 23.6. The van der Waals surface area contributed by atoms with Gasteiger partial charge in [-0.1, -0.05) is 29.8 Å². The number of urea groups is 1. The van der Waals surface area contributed by atoms with Gasteiger partial charge in [-0.25, -0.2) is 9.18 Å². The molecule has 1 aliphatic heterocycles. The van der Waals surface area contributed by atoms with E-state index in [4.69, 9.17) is 33.7 Å². The first-order valence-electron chi connectivity index (χ1n) is 7.04. The molecular weight excluding hydrogens is 374 g/mol. The third kappa shape index (κ3) is 4.55. The van der Waals surface area contributed by atoms with E-state index in [-0.39, 0.29) is 39.5 Å². The Morgan fingerprint density at radius 2 is 2.00 bits per heavy atom. The van der Waals surface area contributed by atoms with Crippen LogP contribution in [0.25, 0.3) is 0 Å². The summed E-state index contributed by atoms with van der Waals surface area (Å²) in [7, 11) is 0. The van der Waals surface area contributed by atoms with Gasteiger partial charge in [0.25, 0.3) is 5.91 Å². The first kappa shape index (κ1) is 18.9. The number of amides is 3. The maximum Gasteiger partial charge on any atom is 0.323 e. The molecule has 0 bridgehead atoms. The third-order valence-electron chi connectivity index (χ3n) is 3.14. The zero-order valence-corrected chi connectivity index (χ0v) is 14.6. The number of nitrogens with two attached hydrogens (primary N) is 1. The molecule has 0 aliphatic carbocycles. The maximum atomic E-state index is 13.1. The van der Waals surface area contributed by atoms with Gasteiger partial charge >= 0.3 is 6.03 Å². The molecule has 7 nitrogen and oxygen atoms in total. The number of carbonyl (C=O) groups excluding carboxylic acids is 2. The van der Waals surface area contributed by atoms with Crippen molar-refractivity contribution >= 4 is 35.1 Å². The largest absolute Gasteiger partial charge is 0.488 e. The summed E-state index contributed by atoms with van der Waals surface area (Å²) in [5.41, 5.74) is 5.76. The van der Waals surface area contributed by atoms with Crippen LogP contribution in [0.15, 0.2) is 35.8 Å². The standard InChI is InChI=1S/C15H15Cl2FN4O3/c1-6(5-25-13-9(16)3-8(18)4-10(13)17)20-14(23)12-11(19)7(2)21-15(24)22-12/h3-4,6H,2,5,19H2,1H3,(H,20,23)(H2,21,22,24)/t6-/m1/s1. The molecule has 134 valence electrons. The van der Waals surface area contributed by atoms with Crippen LogP contribution in [0.4, 0.5) is 9.18 Å². The van der Waals surface area contributed by atoms with Gasteiger partial charge in [-0.15, -0.1) is 0 Å². The van der Waals surface area contributed by atoms with E-state index in [1.54, 1.807) is 6.92 Å². The molecule has 2 rings (SSSR count). The molecule has 0 spiro atoms. The molecule has 5 N–H and O–H groups in total. The Morgan fingerprint density at radius 1 is 1.40 bits per heavy atom. The molecule has 0 fully saturated rings. The van der Waals surface area contributed by atoms with Crippen molar-refractivity contribution in [3.63, 3.8) is 0 Å². The number of carbonyl (C=O) groups is 2. The topological polar surface area (TPSA) is 105 Å². The van der Waals surface area contributed by atoms with E-state index in [9.17, 15) is 14.0 Å². The molecule has 1 heterocycles. The van der Waals surface area contributed by atoms with Crippen LogP contribution >= 0.6 is 23.2 Å². The minimum absolute atomic E-state index is 0.00284. The van der Waals surface area contributed by atoms with Crippen LogP contribution in [0.1, 0.15) is 6.92 Å². The number of halogens is 3. The first-order valence-corrected chi connectivity index (χ1v) is 7.80. The lowest BCUT2D eigenvalue weighted by Gasteiger charge is -2.22. The van der Waals surface area contributed by atoms with E-state index < -0.39 is 23.8 Å². The van der Waals surface area contributed by atoms with Crippen molar-refractivity contribution in [1.29, 1.82) is 0 Å². The van der Waals surface area contributed by atoms with Crippen molar-refractivity contribution in [1.82, 2.24) is 16.0 Å². The lowest BCUT2D eigenvalue weighted by Crippen LogP contribution is -2.49. The summed E-state index contributed by atoms with van der Waals surface area (Å²) in [5.74, 6) is -1.10. The van der Waals surface area contributed by atoms with E-state index in [2.05, 4.69) is 22.5 Å². The smallest absolute Gasteiger partial charge is 0.323 e. The molecule has 3 amide bonds. The van der Waals surface area contributed by atoms with Gasteiger partial charge in [-0.05, 0) is 19.1 Å². The van der Waals surface area contributed by atoms with Gasteiger partial charge in [0.05, 0.1) is 27.5 Å². The van der Waals surface area contributed by atoms with Gasteiger partial charge in [-0.3, -0.25) is 4.79 Å². The molecule has 1 aromatic rings. The van der Waals surface area contributed by atoms with Gasteiger partial charge in [0.1, 0.15) is 18.1 Å². The molecule has 25 heavy (non-hydrogen) atoms. The Morgan fingerprint density at radius 3 is 2.60 bits per heavy atom. The first-order chi connectivity index (χ1) is 11.7. The van der Waals surface area contributed by atoms with Crippen molar-refractivity contribution in [3.05, 3.63) is 51.7 Å². The number of rotatable bonds is 5. The fourth-order valence-corrected chi connectivity index (χ4v) is 2.53. The zero-order chi connectivity index (χ0) is 18.7. The molecule has 1 aliphatic rings. The molecule has 1 atom stereocenters. The second kappa shape index (κ2) is 7.62. The van der Waals surface area contributed by atoms with E-state index >= 15 is 0 Å². The Labute approximate surface area is 153 Å². The molecule has 0 unspecified atom stereocenters. The Kier molecular flexibility index (Phi) is 5.76. The highest BCUT2D eigenvalue weighted by molar-refractivity contribution is 6.37. The monoisotopic (exact) mass is 388 g/mol. The summed E-state index contributed by atoms with van der Waals surface area (Å²) in [6, 6.07) is 1.02. The fraction of sp³-hybridized carbons (Fsp3) is 0.200. The van der Waals surface area contributed by atoms with Gasteiger partial charge in [0.2, 0.25) is 0 Å². The number of ether oxygens (including phenoxy) is 1. The highest BCUT2D eigenvalue weighted by Gasteiger charge is 2.25. The minimum atomic E-state index is -0.613. The normalized spacial score (nSPS) is 15.4. The molecule has 0 radical (unpaired) electrons. The average Bonchev–Trinajstić information content (AvgIpc) is 2.49. The van der Waals surface area contributed by atoms with Gasteiger partial charge < -0.3 is 26.4 Å². The summed E-state index contributed by atoms with van der Waals surface area (Å²) in [6.07, 6.45) is 0. The second-order valence-corrected chi connectivity index (χ2v) is 6.04. The molecular formula is C15H15Cl2FN4O3. The maximum absolute atomic E-state index is 13.1. The summed E-state index contributed by atoms with van der Waals surface area (Å²) in [5, 5.41) is 7.26. The predicted octanol–water partition coefficient (Wildman–Crippen LogP) is 2.01. The number of hydrogen-bond donors (Lipinski definition) is 4. The Bertz CT molecular complexity index is 759. The van der Waals surface area contributed by atoms with Crippen LogP contribution < -0.4 is 26.4 Å². The summed E-state index contributed by atoms with van der Waals surface area (Å²) >= 11 is 11.7. The van der Waals surface area contributed by atoms with E-state index in [1.165, 1.54) is 0 Å². The van der Waals surface area contributed by atoms with Crippen LogP contribution in [0.2, 0.25) is 10.0 Å². The number of hydrogen-bond acceptors (Lipinski definition) is 4. The van der Waals surface area contributed by atoms with Crippen molar-refractivity contribution in [2.24, 2.45) is 5.73 Å². The van der Waals surface area contributed by atoms with Gasteiger partial charge in [0.15, 0.2) is 5.75 Å². The fourth-order valence-electron chi connectivity index (χ4n) is 1.96. The Hall–Kier alpha value is -2.45. The highest BCUT2D eigenvalue weighted by Crippen LogP contribution is 2.33. The predicted molar refractivity (Wildman–Crippen MR) is 91.5 cm³/mol. The lowest BCUT2D eigenvalue weighted by atomic mass is 10.2. The van der Waals surface area contributed by atoms with E-state index in [0.29, 0.717) is 0 Å². The summed E-state index contributed by atoms with van der Waals surface area (Å²) < 4.78 is 18.6. The SMILES string of the molecule is C=C1NC(=O)NC(C(=O)N[C@H](C)COc2c(Cl)cc(F)cc2Cl)=C1N. The second-order valence-electron chi connectivity index (χ2n) is 5.23. The van der Waals surface area contributed by atoms with Crippen molar-refractivity contribution in [2.75, 3.05) is 6.61 Å². The van der Waals surface area contributed by atoms with Crippen molar-refractivity contribution in [3.8, 4) is 5.75 Å². The van der Waals surface area contributed by atoms with Crippen LogP contribution in [0.3, 0.4) is 0 Å². The highest BCUT2D eigenvalue weighted by atomic mass is 35.5. The van der Waals surface area contributed by atoms with Gasteiger partial charge in [-0.2, -0.15) is 0 Å². The van der Waals surface area contributed by atoms with Gasteiger partial charge in [0, 0.05) is 0 Å². The van der Waals surface area contributed by atoms with E-state index in [1.807, 2.05) is 0 Å². The van der Waals surface area contributed by atoms with Crippen LogP contribution in [-0.2, 0) is 4.79 Å². The zero-order valence-electron chi connectivity index (χ0n) is 13.1. The van der Waals surface area contributed by atoms with Crippen molar-refractivity contribution < 1.29 is 18.7 Å². The van der Waals surface area contributed by atoms with E-state index in [0.717, 1.165) is 12.1 Å². The minimum Gasteiger partial charge on any atom is -0.488 e. The Balaban J connectivity index is 2.00. The van der Waals surface area contributed by atoms with Crippen LogP contribution in [0.5, 0.6) is 5.75 Å². The molecule has 10 heteroatoms.